The van der Waals surface area contributed by atoms with Crippen molar-refractivity contribution in [1.82, 2.24) is 0 Å². The van der Waals surface area contributed by atoms with E-state index in [1.165, 1.54) is 116 Å². The molecule has 1 aromatic carbocycles. The molecule has 0 fully saturated rings. The van der Waals surface area contributed by atoms with E-state index >= 15 is 0 Å². The first-order valence-corrected chi connectivity index (χ1v) is 21.2. The summed E-state index contributed by atoms with van der Waals surface area (Å²) >= 11 is 0. The molecule has 292 valence electrons. The summed E-state index contributed by atoms with van der Waals surface area (Å²) < 4.78 is 24.6. The fourth-order valence-corrected chi connectivity index (χ4v) is 6.50. The van der Waals surface area contributed by atoms with Gasteiger partial charge in [-0.1, -0.05) is 182 Å². The molecule has 2 N–H and O–H groups in total. The van der Waals surface area contributed by atoms with Crippen molar-refractivity contribution in [3.05, 3.63) is 5.56 Å². The summed E-state index contributed by atoms with van der Waals surface area (Å²) in [6, 6.07) is 0. The Labute approximate surface area is 307 Å². The van der Waals surface area contributed by atoms with Gasteiger partial charge in [0.05, 0.1) is 19.8 Å². The Morgan fingerprint density at radius 2 is 0.740 bits per heavy atom. The maximum atomic E-state index is 12.0. The van der Waals surface area contributed by atoms with Gasteiger partial charge < -0.3 is 29.2 Å². The van der Waals surface area contributed by atoms with E-state index in [0.29, 0.717) is 43.3 Å². The van der Waals surface area contributed by atoms with Crippen LogP contribution in [0.4, 0.5) is 4.79 Å². The minimum Gasteiger partial charge on any atom is -0.502 e. The van der Waals surface area contributed by atoms with Crippen LogP contribution in [0.3, 0.4) is 0 Å². The second-order valence-electron chi connectivity index (χ2n) is 14.3. The predicted octanol–water partition coefficient (Wildman–Crippen LogP) is 14.1. The van der Waals surface area contributed by atoms with Crippen LogP contribution >= 0.6 is 0 Å². The van der Waals surface area contributed by atoms with Gasteiger partial charge in [-0.05, 0) is 32.1 Å². The lowest BCUT2D eigenvalue weighted by molar-refractivity contribution is 0.141. The molecule has 0 aliphatic carbocycles. The summed E-state index contributed by atoms with van der Waals surface area (Å²) in [6.45, 7) is 10.3. The number of hydrogen-bond donors (Lipinski definition) is 2. The molecule has 50 heavy (non-hydrogen) atoms. The standard InChI is InChI=1S/C43H78O7/c1-5-9-13-17-21-25-29-33-37-39(50-43(45)46)38(44)41(48-35-31-27-23-19-15-11-7-3)42(49-36-32-28-24-20-16-12-8-4)40(37)47-34-30-26-22-18-14-10-6-2/h44H,5-36H2,1-4H3,(H,45,46). The molecule has 0 saturated heterocycles. The molecule has 0 aliphatic heterocycles. The highest BCUT2D eigenvalue weighted by molar-refractivity contribution is 5.73. The van der Waals surface area contributed by atoms with Crippen LogP contribution in [0.1, 0.15) is 213 Å². The second-order valence-corrected chi connectivity index (χ2v) is 14.3. The third-order valence-corrected chi connectivity index (χ3v) is 9.59. The van der Waals surface area contributed by atoms with Gasteiger partial charge in [0.2, 0.25) is 17.2 Å². The van der Waals surface area contributed by atoms with Crippen molar-refractivity contribution in [3.63, 3.8) is 0 Å². The quantitative estimate of drug-likeness (QED) is 0.0407. The fourth-order valence-electron chi connectivity index (χ4n) is 6.50. The molecule has 0 bridgehead atoms. The summed E-state index contributed by atoms with van der Waals surface area (Å²) in [4.78, 5) is 12.0. The summed E-state index contributed by atoms with van der Waals surface area (Å²) in [7, 11) is 0. The Kier molecular flexibility index (Phi) is 29.8. The van der Waals surface area contributed by atoms with Gasteiger partial charge >= 0.3 is 6.16 Å². The molecule has 0 aliphatic rings. The van der Waals surface area contributed by atoms with Gasteiger partial charge in [0, 0.05) is 5.56 Å². The third-order valence-electron chi connectivity index (χ3n) is 9.59. The van der Waals surface area contributed by atoms with Crippen molar-refractivity contribution in [1.29, 1.82) is 0 Å². The molecule has 0 spiro atoms. The average Bonchev–Trinajstić information content (AvgIpc) is 3.10. The van der Waals surface area contributed by atoms with Gasteiger partial charge in [0.15, 0.2) is 11.5 Å². The first-order valence-electron chi connectivity index (χ1n) is 21.2. The van der Waals surface area contributed by atoms with Crippen LogP contribution in [0.25, 0.3) is 0 Å². The zero-order chi connectivity index (χ0) is 36.5. The minimum atomic E-state index is -1.46. The van der Waals surface area contributed by atoms with E-state index in [4.69, 9.17) is 18.9 Å². The minimum absolute atomic E-state index is 0.0733. The monoisotopic (exact) mass is 707 g/mol. The molecule has 0 atom stereocenters. The smallest absolute Gasteiger partial charge is 0.502 e. The van der Waals surface area contributed by atoms with Crippen LogP contribution in [0.15, 0.2) is 0 Å². The zero-order valence-corrected chi connectivity index (χ0v) is 33.1. The van der Waals surface area contributed by atoms with Crippen LogP contribution in [0.5, 0.6) is 28.7 Å². The lowest BCUT2D eigenvalue weighted by Gasteiger charge is -2.23. The second kappa shape index (κ2) is 32.6. The summed E-state index contributed by atoms with van der Waals surface area (Å²) in [6.07, 6.45) is 31.2. The highest BCUT2D eigenvalue weighted by Gasteiger charge is 2.30. The van der Waals surface area contributed by atoms with Crippen LogP contribution in [-0.4, -0.2) is 36.2 Å². The normalized spacial score (nSPS) is 11.2. The molecule has 0 amide bonds. The Morgan fingerprint density at radius 3 is 1.12 bits per heavy atom. The van der Waals surface area contributed by atoms with Crippen molar-refractivity contribution in [2.45, 2.75) is 214 Å². The molecule has 0 unspecified atom stereocenters. The number of carbonyl (C=O) groups is 1. The van der Waals surface area contributed by atoms with Gasteiger partial charge in [-0.15, -0.1) is 0 Å². The number of aromatic hydroxyl groups is 1. The number of hydrogen-bond acceptors (Lipinski definition) is 6. The van der Waals surface area contributed by atoms with Crippen molar-refractivity contribution in [3.8, 4) is 28.7 Å². The summed E-state index contributed by atoms with van der Waals surface area (Å²) in [5.74, 6) is 0.652. The molecule has 7 nitrogen and oxygen atoms in total. The van der Waals surface area contributed by atoms with Gasteiger partial charge in [0.25, 0.3) is 0 Å². The molecular formula is C43H78O7. The largest absolute Gasteiger partial charge is 0.511 e. The summed E-state index contributed by atoms with van der Waals surface area (Å²) in [5, 5.41) is 21.4. The molecule has 0 aromatic heterocycles. The van der Waals surface area contributed by atoms with E-state index in [1.54, 1.807) is 0 Å². The van der Waals surface area contributed by atoms with E-state index in [-0.39, 0.29) is 17.2 Å². The number of phenols is 1. The number of rotatable bonds is 36. The highest BCUT2D eigenvalue weighted by atomic mass is 16.7. The maximum Gasteiger partial charge on any atom is 0.511 e. The number of phenolic OH excluding ortho intramolecular Hbond substituents is 1. The first-order chi connectivity index (χ1) is 24.5. The van der Waals surface area contributed by atoms with E-state index < -0.39 is 6.16 Å². The van der Waals surface area contributed by atoms with Crippen molar-refractivity contribution < 1.29 is 34.0 Å². The van der Waals surface area contributed by atoms with Crippen molar-refractivity contribution in [2.75, 3.05) is 19.8 Å². The molecular weight excluding hydrogens is 628 g/mol. The average molecular weight is 707 g/mol. The van der Waals surface area contributed by atoms with Gasteiger partial charge in [-0.25, -0.2) is 4.79 Å². The van der Waals surface area contributed by atoms with Gasteiger partial charge in [-0.3, -0.25) is 0 Å². The zero-order valence-electron chi connectivity index (χ0n) is 33.1. The fraction of sp³-hybridized carbons (Fsp3) is 0.837. The van der Waals surface area contributed by atoms with Gasteiger partial charge in [0.1, 0.15) is 0 Å². The SMILES string of the molecule is CCCCCCCCCOc1c(O)c(OC(=O)O)c(CCCCCCCCC)c(OCCCCCCCCC)c1OCCCCCCCCC. The first kappa shape index (κ1) is 45.7. The Balaban J connectivity index is 3.29. The maximum absolute atomic E-state index is 12.0. The lowest BCUT2D eigenvalue weighted by Crippen LogP contribution is -2.12. The molecule has 0 heterocycles. The van der Waals surface area contributed by atoms with Crippen LogP contribution in [0, 0.1) is 0 Å². The van der Waals surface area contributed by atoms with Crippen LogP contribution in [0.2, 0.25) is 0 Å². The third kappa shape index (κ3) is 21.8. The molecule has 7 heteroatoms. The Bertz CT molecular complexity index is 948. The van der Waals surface area contributed by atoms with Crippen molar-refractivity contribution >= 4 is 6.16 Å². The van der Waals surface area contributed by atoms with Gasteiger partial charge in [-0.2, -0.15) is 0 Å². The number of ether oxygens (including phenoxy) is 4. The molecule has 0 saturated carbocycles. The lowest BCUT2D eigenvalue weighted by atomic mass is 10.0. The molecule has 1 rings (SSSR count). The molecule has 0 radical (unpaired) electrons. The van der Waals surface area contributed by atoms with E-state index in [2.05, 4.69) is 27.7 Å². The topological polar surface area (TPSA) is 94.5 Å². The highest BCUT2D eigenvalue weighted by Crippen LogP contribution is 2.54. The van der Waals surface area contributed by atoms with E-state index in [1.807, 2.05) is 0 Å². The van der Waals surface area contributed by atoms with Crippen molar-refractivity contribution in [2.24, 2.45) is 0 Å². The predicted molar refractivity (Wildman–Crippen MR) is 209 cm³/mol. The van der Waals surface area contributed by atoms with Crippen LogP contribution < -0.4 is 18.9 Å². The summed E-state index contributed by atoms with van der Waals surface area (Å²) in [5.41, 5.74) is 0.569. The Morgan fingerprint density at radius 1 is 0.420 bits per heavy atom. The van der Waals surface area contributed by atoms with Crippen LogP contribution in [-0.2, 0) is 6.42 Å². The Hall–Kier alpha value is -2.31. The number of unbranched alkanes of at least 4 members (excludes halogenated alkanes) is 24. The number of benzene rings is 1. The number of carboxylic acid groups (broad SMARTS) is 1. The molecule has 1 aromatic rings. The van der Waals surface area contributed by atoms with E-state index in [9.17, 15) is 15.0 Å². The van der Waals surface area contributed by atoms with E-state index in [0.717, 1.165) is 64.2 Å².